The molecular formula is C16H18N4. The first-order valence-corrected chi connectivity index (χ1v) is 6.71. The van der Waals surface area contributed by atoms with Gasteiger partial charge in [0.05, 0.1) is 17.3 Å². The van der Waals surface area contributed by atoms with E-state index in [1.54, 1.807) is 0 Å². The Morgan fingerprint density at radius 2 is 2.00 bits per heavy atom. The van der Waals surface area contributed by atoms with Gasteiger partial charge in [-0.25, -0.2) is 0 Å². The monoisotopic (exact) mass is 266 g/mol. The summed E-state index contributed by atoms with van der Waals surface area (Å²) >= 11 is 0. The van der Waals surface area contributed by atoms with E-state index in [0.29, 0.717) is 0 Å². The van der Waals surface area contributed by atoms with E-state index < -0.39 is 0 Å². The van der Waals surface area contributed by atoms with Crippen LogP contribution in [0, 0.1) is 6.92 Å². The first-order valence-electron chi connectivity index (χ1n) is 6.71. The predicted octanol–water partition coefficient (Wildman–Crippen LogP) is 2.59. The molecule has 3 aromatic rings. The average Bonchev–Trinajstić information content (AvgIpc) is 2.79. The van der Waals surface area contributed by atoms with Gasteiger partial charge in [-0.3, -0.25) is 9.67 Å². The molecule has 1 unspecified atom stereocenters. The van der Waals surface area contributed by atoms with E-state index in [-0.39, 0.29) is 6.04 Å². The molecule has 0 aliphatic rings. The summed E-state index contributed by atoms with van der Waals surface area (Å²) < 4.78 is 1.86. The number of pyridine rings is 1. The van der Waals surface area contributed by atoms with Crippen molar-refractivity contribution < 1.29 is 0 Å². The molecule has 1 atom stereocenters. The Morgan fingerprint density at radius 3 is 2.70 bits per heavy atom. The van der Waals surface area contributed by atoms with Crippen molar-refractivity contribution in [2.45, 2.75) is 13.0 Å². The SMILES string of the molecule is CNC(c1cn(C)nc1C)c1cccc2ncccc12. The minimum absolute atomic E-state index is 0.122. The second-order valence-electron chi connectivity index (χ2n) is 4.98. The van der Waals surface area contributed by atoms with Crippen LogP contribution < -0.4 is 5.32 Å². The number of hydrogen-bond acceptors (Lipinski definition) is 3. The maximum atomic E-state index is 4.45. The third-order valence-corrected chi connectivity index (χ3v) is 3.64. The molecule has 4 heteroatoms. The van der Waals surface area contributed by atoms with Gasteiger partial charge in [-0.2, -0.15) is 5.10 Å². The molecule has 3 rings (SSSR count). The molecule has 2 aromatic heterocycles. The van der Waals surface area contributed by atoms with Crippen molar-refractivity contribution in [1.82, 2.24) is 20.1 Å². The van der Waals surface area contributed by atoms with Crippen LogP contribution in [0.25, 0.3) is 10.9 Å². The summed E-state index contributed by atoms with van der Waals surface area (Å²) in [5, 5.41) is 9.02. The lowest BCUT2D eigenvalue weighted by Gasteiger charge is -2.18. The van der Waals surface area contributed by atoms with E-state index in [4.69, 9.17) is 0 Å². The Bertz CT molecular complexity index is 740. The van der Waals surface area contributed by atoms with Crippen LogP contribution in [0.15, 0.2) is 42.7 Å². The van der Waals surface area contributed by atoms with Gasteiger partial charge in [-0.15, -0.1) is 0 Å². The second kappa shape index (κ2) is 5.06. The van der Waals surface area contributed by atoms with Crippen LogP contribution in [0.3, 0.4) is 0 Å². The molecule has 102 valence electrons. The summed E-state index contributed by atoms with van der Waals surface area (Å²) in [5.41, 5.74) is 4.50. The van der Waals surface area contributed by atoms with Crippen molar-refractivity contribution in [2.75, 3.05) is 7.05 Å². The second-order valence-corrected chi connectivity index (χ2v) is 4.98. The van der Waals surface area contributed by atoms with Crippen LogP contribution in [0.2, 0.25) is 0 Å². The van der Waals surface area contributed by atoms with Crippen LogP contribution in [0.1, 0.15) is 22.9 Å². The number of aryl methyl sites for hydroxylation is 2. The number of rotatable bonds is 3. The molecule has 2 heterocycles. The van der Waals surface area contributed by atoms with E-state index >= 15 is 0 Å². The fraction of sp³-hybridized carbons (Fsp3) is 0.250. The highest BCUT2D eigenvalue weighted by Crippen LogP contribution is 2.29. The molecule has 0 aliphatic heterocycles. The fourth-order valence-electron chi connectivity index (χ4n) is 2.76. The molecule has 1 N–H and O–H groups in total. The highest BCUT2D eigenvalue weighted by Gasteiger charge is 2.18. The fourth-order valence-corrected chi connectivity index (χ4v) is 2.76. The Hall–Kier alpha value is -2.20. The Balaban J connectivity index is 2.19. The average molecular weight is 266 g/mol. The molecule has 4 nitrogen and oxygen atoms in total. The summed E-state index contributed by atoms with van der Waals surface area (Å²) in [4.78, 5) is 4.43. The van der Waals surface area contributed by atoms with E-state index in [9.17, 15) is 0 Å². The van der Waals surface area contributed by atoms with Gasteiger partial charge in [-0.05, 0) is 31.7 Å². The number of nitrogens with one attached hydrogen (secondary N) is 1. The molecule has 20 heavy (non-hydrogen) atoms. The van der Waals surface area contributed by atoms with E-state index in [1.165, 1.54) is 16.5 Å². The van der Waals surface area contributed by atoms with Gasteiger partial charge in [0.25, 0.3) is 0 Å². The van der Waals surface area contributed by atoms with Crippen LogP contribution in [-0.4, -0.2) is 21.8 Å². The summed E-state index contributed by atoms with van der Waals surface area (Å²) in [6.07, 6.45) is 3.90. The zero-order chi connectivity index (χ0) is 14.1. The number of aromatic nitrogens is 3. The molecule has 0 fully saturated rings. The standard InChI is InChI=1S/C16H18N4/c1-11-14(10-20(3)19-11)16(17-2)13-6-4-8-15-12(13)7-5-9-18-15/h4-10,16-17H,1-3H3. The summed E-state index contributed by atoms with van der Waals surface area (Å²) in [5.74, 6) is 0. The predicted molar refractivity (Wildman–Crippen MR) is 80.6 cm³/mol. The van der Waals surface area contributed by atoms with Gasteiger partial charge in [0.2, 0.25) is 0 Å². The number of nitrogens with zero attached hydrogens (tertiary/aromatic N) is 3. The molecule has 0 spiro atoms. The topological polar surface area (TPSA) is 42.7 Å². The van der Waals surface area contributed by atoms with E-state index in [2.05, 4.69) is 39.8 Å². The number of fused-ring (bicyclic) bond motifs is 1. The maximum absolute atomic E-state index is 4.45. The first kappa shape index (κ1) is 12.8. The minimum atomic E-state index is 0.122. The van der Waals surface area contributed by atoms with Gasteiger partial charge in [-0.1, -0.05) is 18.2 Å². The van der Waals surface area contributed by atoms with Crippen molar-refractivity contribution in [1.29, 1.82) is 0 Å². The third-order valence-electron chi connectivity index (χ3n) is 3.64. The first-order chi connectivity index (χ1) is 9.70. The van der Waals surface area contributed by atoms with Crippen LogP contribution in [0.5, 0.6) is 0 Å². The quantitative estimate of drug-likeness (QED) is 0.792. The molecule has 0 amide bonds. The summed E-state index contributed by atoms with van der Waals surface area (Å²) in [7, 11) is 3.93. The molecule has 0 bridgehead atoms. The van der Waals surface area contributed by atoms with E-state index in [1.807, 2.05) is 44.0 Å². The lowest BCUT2D eigenvalue weighted by atomic mass is 9.96. The number of benzene rings is 1. The van der Waals surface area contributed by atoms with Crippen molar-refractivity contribution in [3.63, 3.8) is 0 Å². The molecule has 0 saturated heterocycles. The zero-order valence-corrected chi connectivity index (χ0v) is 12.0. The number of hydrogen-bond donors (Lipinski definition) is 1. The molecular weight excluding hydrogens is 248 g/mol. The van der Waals surface area contributed by atoms with Crippen molar-refractivity contribution in [3.8, 4) is 0 Å². The Morgan fingerprint density at radius 1 is 1.15 bits per heavy atom. The van der Waals surface area contributed by atoms with Crippen molar-refractivity contribution >= 4 is 10.9 Å². The Kier molecular flexibility index (Phi) is 3.24. The van der Waals surface area contributed by atoms with Crippen LogP contribution >= 0.6 is 0 Å². The highest BCUT2D eigenvalue weighted by atomic mass is 15.3. The summed E-state index contributed by atoms with van der Waals surface area (Å²) in [6, 6.07) is 10.5. The maximum Gasteiger partial charge on any atom is 0.0705 e. The molecule has 1 aromatic carbocycles. The van der Waals surface area contributed by atoms with Gasteiger partial charge < -0.3 is 5.32 Å². The third kappa shape index (κ3) is 2.08. The summed E-state index contributed by atoms with van der Waals surface area (Å²) in [6.45, 7) is 2.04. The Labute approximate surface area is 118 Å². The van der Waals surface area contributed by atoms with E-state index in [0.717, 1.165) is 11.2 Å². The smallest absolute Gasteiger partial charge is 0.0705 e. The van der Waals surface area contributed by atoms with Gasteiger partial charge in [0, 0.05) is 30.4 Å². The van der Waals surface area contributed by atoms with Crippen molar-refractivity contribution in [2.24, 2.45) is 7.05 Å². The molecule has 0 aliphatic carbocycles. The normalized spacial score (nSPS) is 12.8. The minimum Gasteiger partial charge on any atom is -0.309 e. The van der Waals surface area contributed by atoms with Gasteiger partial charge >= 0.3 is 0 Å². The van der Waals surface area contributed by atoms with Crippen LogP contribution in [-0.2, 0) is 7.05 Å². The largest absolute Gasteiger partial charge is 0.309 e. The van der Waals surface area contributed by atoms with Gasteiger partial charge in [0.15, 0.2) is 0 Å². The molecule has 0 radical (unpaired) electrons. The van der Waals surface area contributed by atoms with Gasteiger partial charge in [0.1, 0.15) is 0 Å². The highest BCUT2D eigenvalue weighted by molar-refractivity contribution is 5.83. The lowest BCUT2D eigenvalue weighted by Crippen LogP contribution is -2.18. The van der Waals surface area contributed by atoms with Crippen LogP contribution in [0.4, 0.5) is 0 Å². The zero-order valence-electron chi connectivity index (χ0n) is 12.0. The van der Waals surface area contributed by atoms with Crippen molar-refractivity contribution in [3.05, 3.63) is 59.5 Å². The molecule has 0 saturated carbocycles. The lowest BCUT2D eigenvalue weighted by molar-refractivity contribution is 0.691.